The zero-order valence-corrected chi connectivity index (χ0v) is 15.1. The van der Waals surface area contributed by atoms with Crippen molar-refractivity contribution in [2.24, 2.45) is 0 Å². The van der Waals surface area contributed by atoms with Crippen molar-refractivity contribution in [1.82, 2.24) is 4.72 Å². The molecule has 0 radical (unpaired) electrons. The van der Waals surface area contributed by atoms with E-state index in [4.69, 9.17) is 0 Å². The summed E-state index contributed by atoms with van der Waals surface area (Å²) in [4.78, 5) is 13.8. The van der Waals surface area contributed by atoms with Crippen molar-refractivity contribution in [3.05, 3.63) is 59.7 Å². The largest absolute Gasteiger partial charge is 0.312 e. The number of aryl methyl sites for hydroxylation is 1. The second-order valence-electron chi connectivity index (χ2n) is 6.14. The molecule has 0 atom stereocenters. The molecule has 1 saturated heterocycles. The summed E-state index contributed by atoms with van der Waals surface area (Å²) in [5.74, 6) is 0.143. The van der Waals surface area contributed by atoms with Gasteiger partial charge in [-0.25, -0.2) is 13.1 Å². The van der Waals surface area contributed by atoms with Crippen LogP contribution in [0.2, 0.25) is 0 Å². The molecule has 1 heterocycles. The lowest BCUT2D eigenvalue weighted by Gasteiger charge is -2.16. The molecule has 0 saturated carbocycles. The Labute approximate surface area is 148 Å². The van der Waals surface area contributed by atoms with E-state index < -0.39 is 10.0 Å². The van der Waals surface area contributed by atoms with Crippen LogP contribution in [0, 0.1) is 0 Å². The maximum atomic E-state index is 12.4. The number of nitrogens with one attached hydrogen (secondary N) is 1. The number of hydrogen-bond acceptors (Lipinski definition) is 3. The Morgan fingerprint density at radius 2 is 1.64 bits per heavy atom. The van der Waals surface area contributed by atoms with E-state index in [1.54, 1.807) is 17.0 Å². The molecule has 0 spiro atoms. The zero-order chi connectivity index (χ0) is 17.9. The van der Waals surface area contributed by atoms with E-state index in [9.17, 15) is 13.2 Å². The van der Waals surface area contributed by atoms with E-state index in [0.717, 1.165) is 36.2 Å². The number of amides is 1. The minimum absolute atomic E-state index is 0.143. The Bertz CT molecular complexity index is 843. The minimum Gasteiger partial charge on any atom is -0.312 e. The number of carbonyl (C=O) groups is 1. The van der Waals surface area contributed by atoms with Gasteiger partial charge in [-0.2, -0.15) is 0 Å². The summed E-state index contributed by atoms with van der Waals surface area (Å²) < 4.78 is 27.3. The molecule has 1 amide bonds. The second kappa shape index (κ2) is 7.37. The summed E-state index contributed by atoms with van der Waals surface area (Å²) in [6.07, 6.45) is 2.36. The molecule has 2 aromatic rings. The minimum atomic E-state index is -3.53. The van der Waals surface area contributed by atoms with E-state index in [2.05, 4.69) is 4.72 Å². The Balaban J connectivity index is 1.65. The first-order chi connectivity index (χ1) is 12.0. The number of rotatable bonds is 6. The van der Waals surface area contributed by atoms with Crippen LogP contribution >= 0.6 is 0 Å². The van der Waals surface area contributed by atoms with Crippen molar-refractivity contribution in [2.45, 2.75) is 37.6 Å². The fourth-order valence-corrected chi connectivity index (χ4v) is 3.90. The van der Waals surface area contributed by atoms with Gasteiger partial charge in [0.15, 0.2) is 0 Å². The fraction of sp³-hybridized carbons (Fsp3) is 0.316. The topological polar surface area (TPSA) is 66.5 Å². The van der Waals surface area contributed by atoms with Crippen molar-refractivity contribution >= 4 is 21.6 Å². The SMILES string of the molecule is CCc1ccc(S(=O)(=O)NCc2ccc(N3CCCC3=O)cc2)cc1. The van der Waals surface area contributed by atoms with Crippen LogP contribution in [0.25, 0.3) is 0 Å². The van der Waals surface area contributed by atoms with Gasteiger partial charge in [-0.1, -0.05) is 31.2 Å². The zero-order valence-electron chi connectivity index (χ0n) is 14.2. The molecule has 0 bridgehead atoms. The fourth-order valence-electron chi connectivity index (χ4n) is 2.88. The number of hydrogen-bond donors (Lipinski definition) is 1. The molecule has 1 N–H and O–H groups in total. The molecule has 0 aliphatic carbocycles. The molecule has 6 heteroatoms. The highest BCUT2D eigenvalue weighted by atomic mass is 32.2. The summed E-state index contributed by atoms with van der Waals surface area (Å²) in [6, 6.07) is 14.3. The molecule has 0 aromatic heterocycles. The van der Waals surface area contributed by atoms with Gasteiger partial charge in [-0.3, -0.25) is 4.79 Å². The highest BCUT2D eigenvalue weighted by Gasteiger charge is 2.21. The molecule has 132 valence electrons. The van der Waals surface area contributed by atoms with E-state index in [0.29, 0.717) is 6.42 Å². The number of benzene rings is 2. The molecule has 2 aromatic carbocycles. The van der Waals surface area contributed by atoms with Crippen molar-refractivity contribution in [3.63, 3.8) is 0 Å². The van der Waals surface area contributed by atoms with Gasteiger partial charge in [0.2, 0.25) is 15.9 Å². The predicted octanol–water partition coefficient (Wildman–Crippen LogP) is 2.85. The first kappa shape index (κ1) is 17.6. The van der Waals surface area contributed by atoms with Gasteiger partial charge in [0.05, 0.1) is 4.90 Å². The van der Waals surface area contributed by atoms with Crippen molar-refractivity contribution in [3.8, 4) is 0 Å². The van der Waals surface area contributed by atoms with E-state index in [-0.39, 0.29) is 17.3 Å². The number of nitrogens with zero attached hydrogens (tertiary/aromatic N) is 1. The van der Waals surface area contributed by atoms with Gasteiger partial charge in [-0.05, 0) is 48.2 Å². The lowest BCUT2D eigenvalue weighted by molar-refractivity contribution is -0.117. The van der Waals surface area contributed by atoms with Gasteiger partial charge < -0.3 is 4.90 Å². The van der Waals surface area contributed by atoms with Crippen LogP contribution in [0.5, 0.6) is 0 Å². The normalized spacial score (nSPS) is 14.9. The summed E-state index contributed by atoms with van der Waals surface area (Å²) >= 11 is 0. The van der Waals surface area contributed by atoms with Crippen LogP contribution in [-0.4, -0.2) is 20.9 Å². The molecule has 3 rings (SSSR count). The number of carbonyl (C=O) groups excluding carboxylic acids is 1. The quantitative estimate of drug-likeness (QED) is 0.863. The first-order valence-electron chi connectivity index (χ1n) is 8.47. The van der Waals surface area contributed by atoms with Gasteiger partial charge in [0, 0.05) is 25.2 Å². The highest BCUT2D eigenvalue weighted by Crippen LogP contribution is 2.21. The molecule has 1 aliphatic rings. The van der Waals surface area contributed by atoms with Crippen LogP contribution in [-0.2, 0) is 27.8 Å². The third-order valence-electron chi connectivity index (χ3n) is 4.43. The Hall–Kier alpha value is -2.18. The Morgan fingerprint density at radius 3 is 2.20 bits per heavy atom. The maximum absolute atomic E-state index is 12.4. The molecule has 1 aliphatic heterocycles. The van der Waals surface area contributed by atoms with Crippen LogP contribution in [0.1, 0.15) is 30.9 Å². The van der Waals surface area contributed by atoms with Crippen LogP contribution < -0.4 is 9.62 Å². The molecule has 25 heavy (non-hydrogen) atoms. The molecule has 5 nitrogen and oxygen atoms in total. The van der Waals surface area contributed by atoms with Crippen LogP contribution in [0.3, 0.4) is 0 Å². The molecular formula is C19H22N2O3S. The van der Waals surface area contributed by atoms with Gasteiger partial charge in [-0.15, -0.1) is 0 Å². The Morgan fingerprint density at radius 1 is 1.00 bits per heavy atom. The van der Waals surface area contributed by atoms with Crippen molar-refractivity contribution in [2.75, 3.05) is 11.4 Å². The molecular weight excluding hydrogens is 336 g/mol. The third kappa shape index (κ3) is 4.08. The Kier molecular flexibility index (Phi) is 5.20. The smallest absolute Gasteiger partial charge is 0.240 e. The van der Waals surface area contributed by atoms with E-state index in [1.807, 2.05) is 43.3 Å². The lowest BCUT2D eigenvalue weighted by atomic mass is 10.2. The summed E-state index contributed by atoms with van der Waals surface area (Å²) in [5, 5.41) is 0. The van der Waals surface area contributed by atoms with Crippen LogP contribution in [0.15, 0.2) is 53.4 Å². The standard InChI is InChI=1S/C19H22N2O3S/c1-2-15-7-11-18(12-8-15)25(23,24)20-14-16-5-9-17(10-6-16)21-13-3-4-19(21)22/h5-12,20H,2-4,13-14H2,1H3. The van der Waals surface area contributed by atoms with E-state index in [1.165, 1.54) is 0 Å². The number of anilines is 1. The van der Waals surface area contributed by atoms with Crippen LogP contribution in [0.4, 0.5) is 5.69 Å². The maximum Gasteiger partial charge on any atom is 0.240 e. The van der Waals surface area contributed by atoms with Gasteiger partial charge >= 0.3 is 0 Å². The third-order valence-corrected chi connectivity index (χ3v) is 5.85. The average molecular weight is 358 g/mol. The summed E-state index contributed by atoms with van der Waals surface area (Å²) in [6.45, 7) is 2.99. The highest BCUT2D eigenvalue weighted by molar-refractivity contribution is 7.89. The lowest BCUT2D eigenvalue weighted by Crippen LogP contribution is -2.24. The summed E-state index contributed by atoms with van der Waals surface area (Å²) in [5.41, 5.74) is 2.82. The second-order valence-corrected chi connectivity index (χ2v) is 7.90. The first-order valence-corrected chi connectivity index (χ1v) is 9.96. The van der Waals surface area contributed by atoms with Gasteiger partial charge in [0.1, 0.15) is 0 Å². The molecule has 0 unspecified atom stereocenters. The van der Waals surface area contributed by atoms with Crippen molar-refractivity contribution < 1.29 is 13.2 Å². The van der Waals surface area contributed by atoms with E-state index >= 15 is 0 Å². The van der Waals surface area contributed by atoms with Crippen molar-refractivity contribution in [1.29, 1.82) is 0 Å². The number of sulfonamides is 1. The predicted molar refractivity (Wildman–Crippen MR) is 97.9 cm³/mol. The summed E-state index contributed by atoms with van der Waals surface area (Å²) in [7, 11) is -3.53. The monoisotopic (exact) mass is 358 g/mol. The average Bonchev–Trinajstić information content (AvgIpc) is 3.06. The van der Waals surface area contributed by atoms with Gasteiger partial charge in [0.25, 0.3) is 0 Å². The molecule has 1 fully saturated rings.